The summed E-state index contributed by atoms with van der Waals surface area (Å²) in [6.07, 6.45) is 5.86. The van der Waals surface area contributed by atoms with E-state index < -0.39 is 6.04 Å². The molecule has 1 fully saturated rings. The second-order valence-corrected chi connectivity index (χ2v) is 11.0. The lowest BCUT2D eigenvalue weighted by Crippen LogP contribution is -2.52. The van der Waals surface area contributed by atoms with Crippen molar-refractivity contribution in [2.45, 2.75) is 90.3 Å². The molecule has 4 heteroatoms. The van der Waals surface area contributed by atoms with Gasteiger partial charge in [0.15, 0.2) is 0 Å². The van der Waals surface area contributed by atoms with Gasteiger partial charge in [0.05, 0.1) is 0 Å². The van der Waals surface area contributed by atoms with Crippen LogP contribution in [0.15, 0.2) is 78.9 Å². The summed E-state index contributed by atoms with van der Waals surface area (Å²) in [4.78, 5) is 29.6. The van der Waals surface area contributed by atoms with Gasteiger partial charge in [-0.25, -0.2) is 0 Å². The topological polar surface area (TPSA) is 49.4 Å². The lowest BCUT2D eigenvalue weighted by atomic mass is 9.98. The first-order chi connectivity index (χ1) is 18.4. The molecule has 0 saturated heterocycles. The van der Waals surface area contributed by atoms with Crippen LogP contribution in [0.2, 0.25) is 0 Å². The van der Waals surface area contributed by atoms with Gasteiger partial charge in [0.1, 0.15) is 6.04 Å². The third-order valence-electron chi connectivity index (χ3n) is 7.85. The summed E-state index contributed by atoms with van der Waals surface area (Å²) in [5.74, 6) is 0.458. The van der Waals surface area contributed by atoms with Crippen LogP contribution >= 0.6 is 0 Å². The van der Waals surface area contributed by atoms with Crippen molar-refractivity contribution in [3.05, 3.63) is 107 Å². The molecule has 0 heterocycles. The highest BCUT2D eigenvalue weighted by atomic mass is 16.2. The van der Waals surface area contributed by atoms with Gasteiger partial charge in [-0.2, -0.15) is 0 Å². The maximum atomic E-state index is 13.9. The Hall–Kier alpha value is -3.40. The van der Waals surface area contributed by atoms with Crippen molar-refractivity contribution in [2.75, 3.05) is 0 Å². The van der Waals surface area contributed by atoms with Crippen LogP contribution < -0.4 is 5.32 Å². The summed E-state index contributed by atoms with van der Waals surface area (Å²) in [7, 11) is 0. The zero-order valence-electron chi connectivity index (χ0n) is 23.2. The van der Waals surface area contributed by atoms with Crippen LogP contribution in [-0.2, 0) is 29.0 Å². The van der Waals surface area contributed by atoms with Crippen molar-refractivity contribution in [3.63, 3.8) is 0 Å². The van der Waals surface area contributed by atoms with Gasteiger partial charge in [0.25, 0.3) is 0 Å². The third kappa shape index (κ3) is 7.56. The highest BCUT2D eigenvalue weighted by Crippen LogP contribution is 2.22. The Labute approximate surface area is 228 Å². The molecular formula is C34H42N2O2. The van der Waals surface area contributed by atoms with E-state index in [9.17, 15) is 9.59 Å². The van der Waals surface area contributed by atoms with E-state index >= 15 is 0 Å². The van der Waals surface area contributed by atoms with Crippen LogP contribution in [0.1, 0.15) is 79.7 Å². The van der Waals surface area contributed by atoms with Gasteiger partial charge in [-0.3, -0.25) is 9.59 Å². The fraction of sp³-hybridized carbons (Fsp3) is 0.412. The predicted octanol–water partition coefficient (Wildman–Crippen LogP) is 6.75. The maximum Gasteiger partial charge on any atom is 0.243 e. The number of aryl methyl sites for hydroxylation is 2. The molecule has 200 valence electrons. The fourth-order valence-electron chi connectivity index (χ4n) is 5.36. The van der Waals surface area contributed by atoms with Gasteiger partial charge in [-0.15, -0.1) is 0 Å². The zero-order valence-corrected chi connectivity index (χ0v) is 23.2. The van der Waals surface area contributed by atoms with Gasteiger partial charge in [0, 0.05) is 25.4 Å². The molecule has 0 radical (unpaired) electrons. The van der Waals surface area contributed by atoms with E-state index in [1.807, 2.05) is 47.4 Å². The van der Waals surface area contributed by atoms with Crippen LogP contribution in [0.5, 0.6) is 0 Å². The summed E-state index contributed by atoms with van der Waals surface area (Å²) in [5, 5.41) is 3.29. The monoisotopic (exact) mass is 510 g/mol. The average Bonchev–Trinajstić information content (AvgIpc) is 3.44. The van der Waals surface area contributed by atoms with Gasteiger partial charge in [-0.1, -0.05) is 106 Å². The quantitative estimate of drug-likeness (QED) is 0.310. The van der Waals surface area contributed by atoms with Crippen molar-refractivity contribution in [1.29, 1.82) is 0 Å². The maximum absolute atomic E-state index is 13.9. The number of carbonyl (C=O) groups excluding carboxylic acids is 2. The largest absolute Gasteiger partial charge is 0.352 e. The van der Waals surface area contributed by atoms with Gasteiger partial charge >= 0.3 is 0 Å². The number of amides is 2. The molecule has 2 amide bonds. The van der Waals surface area contributed by atoms with Gasteiger partial charge in [0.2, 0.25) is 11.8 Å². The molecule has 0 unspecified atom stereocenters. The molecule has 4 nitrogen and oxygen atoms in total. The van der Waals surface area contributed by atoms with E-state index in [-0.39, 0.29) is 17.9 Å². The van der Waals surface area contributed by atoms with Crippen molar-refractivity contribution in [2.24, 2.45) is 0 Å². The second-order valence-electron chi connectivity index (χ2n) is 11.0. The first-order valence-electron chi connectivity index (χ1n) is 14.2. The molecule has 3 aromatic rings. The number of hydrogen-bond donors (Lipinski definition) is 1. The van der Waals surface area contributed by atoms with Crippen LogP contribution in [0, 0.1) is 6.92 Å². The molecule has 38 heavy (non-hydrogen) atoms. The van der Waals surface area contributed by atoms with Crippen molar-refractivity contribution >= 4 is 11.8 Å². The minimum absolute atomic E-state index is 0.0173. The van der Waals surface area contributed by atoms with Crippen LogP contribution in [0.3, 0.4) is 0 Å². The minimum atomic E-state index is -0.562. The fourth-order valence-corrected chi connectivity index (χ4v) is 5.36. The first kappa shape index (κ1) is 27.6. The number of carbonyl (C=O) groups is 2. The van der Waals surface area contributed by atoms with E-state index in [1.54, 1.807) is 0 Å². The third-order valence-corrected chi connectivity index (χ3v) is 7.85. The SMILES string of the molecule is Cc1ccccc1CN(C(=O)CCc1ccc(C(C)C)cc1)[C@@H](Cc1ccccc1)C(=O)NC1CCCC1. The molecule has 1 atom stereocenters. The Morgan fingerprint density at radius 2 is 1.53 bits per heavy atom. The number of nitrogens with zero attached hydrogens (tertiary/aromatic N) is 1. The van der Waals surface area contributed by atoms with Crippen LogP contribution in [0.4, 0.5) is 0 Å². The number of rotatable bonds is 11. The molecule has 1 N–H and O–H groups in total. The molecule has 1 aliphatic carbocycles. The Morgan fingerprint density at radius 1 is 0.868 bits per heavy atom. The number of nitrogens with one attached hydrogen (secondary N) is 1. The lowest BCUT2D eigenvalue weighted by molar-refractivity contribution is -0.141. The van der Waals surface area contributed by atoms with Gasteiger partial charge < -0.3 is 10.2 Å². The Kier molecular flexibility index (Phi) is 9.75. The van der Waals surface area contributed by atoms with E-state index in [1.165, 1.54) is 5.56 Å². The summed E-state index contributed by atoms with van der Waals surface area (Å²) < 4.78 is 0. The molecule has 4 rings (SSSR count). The summed E-state index contributed by atoms with van der Waals surface area (Å²) in [5.41, 5.74) is 5.71. The molecule has 3 aromatic carbocycles. The molecule has 1 aliphatic rings. The van der Waals surface area contributed by atoms with E-state index in [2.05, 4.69) is 62.5 Å². The first-order valence-corrected chi connectivity index (χ1v) is 14.2. The highest BCUT2D eigenvalue weighted by molar-refractivity contribution is 5.88. The van der Waals surface area contributed by atoms with Crippen LogP contribution in [-0.4, -0.2) is 28.8 Å². The molecule has 0 aliphatic heterocycles. The Balaban J connectivity index is 1.59. The minimum Gasteiger partial charge on any atom is -0.352 e. The van der Waals surface area contributed by atoms with Crippen molar-refractivity contribution in [1.82, 2.24) is 10.2 Å². The van der Waals surface area contributed by atoms with E-state index in [0.29, 0.717) is 31.7 Å². The van der Waals surface area contributed by atoms with E-state index in [4.69, 9.17) is 0 Å². The second kappa shape index (κ2) is 13.4. The predicted molar refractivity (Wildman–Crippen MR) is 155 cm³/mol. The zero-order chi connectivity index (χ0) is 26.9. The van der Waals surface area contributed by atoms with Crippen molar-refractivity contribution in [3.8, 4) is 0 Å². The Morgan fingerprint density at radius 3 is 2.18 bits per heavy atom. The van der Waals surface area contributed by atoms with Gasteiger partial charge in [-0.05, 0) is 59.9 Å². The molecule has 0 spiro atoms. The lowest BCUT2D eigenvalue weighted by Gasteiger charge is -2.33. The molecule has 1 saturated carbocycles. The average molecular weight is 511 g/mol. The number of hydrogen-bond acceptors (Lipinski definition) is 2. The summed E-state index contributed by atoms with van der Waals surface area (Å²) in [6, 6.07) is 26.4. The molecule has 0 aromatic heterocycles. The van der Waals surface area contributed by atoms with E-state index in [0.717, 1.165) is 47.9 Å². The summed E-state index contributed by atoms with van der Waals surface area (Å²) in [6.45, 7) is 6.86. The standard InChI is InChI=1S/C34H42N2O2/c1-25(2)29-20-17-27(18-21-29)19-22-33(37)36(24-30-14-8-7-11-26(30)3)32(23-28-12-5-4-6-13-28)34(38)35-31-15-9-10-16-31/h4-8,11-14,17-18,20-21,25,31-32H,9-10,15-16,19,22-24H2,1-3H3,(H,35,38)/t32-/m0/s1. The highest BCUT2D eigenvalue weighted by Gasteiger charge is 2.32. The van der Waals surface area contributed by atoms with Crippen molar-refractivity contribution < 1.29 is 9.59 Å². The molecule has 0 bridgehead atoms. The normalized spacial score (nSPS) is 14.4. The number of benzene rings is 3. The molecular weight excluding hydrogens is 468 g/mol. The van der Waals surface area contributed by atoms with Crippen LogP contribution in [0.25, 0.3) is 0 Å². The Bertz CT molecular complexity index is 1180. The summed E-state index contributed by atoms with van der Waals surface area (Å²) >= 11 is 0. The smallest absolute Gasteiger partial charge is 0.243 e.